The van der Waals surface area contributed by atoms with Gasteiger partial charge in [0, 0.05) is 18.4 Å². The Morgan fingerprint density at radius 3 is 2.30 bits per heavy atom. The van der Waals surface area contributed by atoms with Crippen LogP contribution in [0.5, 0.6) is 0 Å². The molecule has 0 aromatic rings. The number of carbonyl (C=O) groups excluding carboxylic acids is 2. The third-order valence-electron chi connectivity index (χ3n) is 3.72. The minimum absolute atomic E-state index is 0.112. The van der Waals surface area contributed by atoms with Crippen molar-refractivity contribution in [3.8, 4) is 0 Å². The molecule has 4 nitrogen and oxygen atoms in total. The van der Waals surface area contributed by atoms with Crippen molar-refractivity contribution in [2.45, 2.75) is 84.3 Å². The first kappa shape index (κ1) is 17.0. The first-order valence-electron chi connectivity index (χ1n) is 7.84. The lowest BCUT2D eigenvalue weighted by atomic mass is 9.84. The van der Waals surface area contributed by atoms with Crippen molar-refractivity contribution in [1.29, 1.82) is 0 Å². The Morgan fingerprint density at radius 2 is 1.80 bits per heavy atom. The van der Waals surface area contributed by atoms with Gasteiger partial charge in [-0.1, -0.05) is 26.2 Å². The van der Waals surface area contributed by atoms with Crippen LogP contribution < -0.4 is 5.32 Å². The van der Waals surface area contributed by atoms with Gasteiger partial charge in [0.1, 0.15) is 11.4 Å². The summed E-state index contributed by atoms with van der Waals surface area (Å²) in [5, 5.41) is 2.81. The summed E-state index contributed by atoms with van der Waals surface area (Å²) >= 11 is 0. The Bertz CT molecular complexity index is 327. The van der Waals surface area contributed by atoms with Gasteiger partial charge in [0.25, 0.3) is 0 Å². The smallest absolute Gasteiger partial charge is 0.407 e. The van der Waals surface area contributed by atoms with Crippen molar-refractivity contribution < 1.29 is 14.3 Å². The zero-order valence-corrected chi connectivity index (χ0v) is 13.3. The lowest BCUT2D eigenvalue weighted by Crippen LogP contribution is -2.40. The van der Waals surface area contributed by atoms with Crippen LogP contribution in [0.4, 0.5) is 4.79 Å². The maximum atomic E-state index is 12.2. The number of hydrogen-bond acceptors (Lipinski definition) is 3. The van der Waals surface area contributed by atoms with Gasteiger partial charge in [0.15, 0.2) is 0 Å². The fourth-order valence-corrected chi connectivity index (χ4v) is 2.61. The molecule has 0 aromatic heterocycles. The number of hydrogen-bond donors (Lipinski definition) is 1. The molecule has 1 saturated carbocycles. The maximum Gasteiger partial charge on any atom is 0.407 e. The number of ketones is 1. The molecule has 0 aromatic carbocycles. The molecule has 0 heterocycles. The van der Waals surface area contributed by atoms with Crippen molar-refractivity contribution in [3.63, 3.8) is 0 Å². The molecule has 1 unspecified atom stereocenters. The highest BCUT2D eigenvalue weighted by molar-refractivity contribution is 5.82. The van der Waals surface area contributed by atoms with Crippen LogP contribution in [-0.4, -0.2) is 23.5 Å². The summed E-state index contributed by atoms with van der Waals surface area (Å²) in [4.78, 5) is 24.0. The summed E-state index contributed by atoms with van der Waals surface area (Å²) in [7, 11) is 0. The minimum Gasteiger partial charge on any atom is -0.444 e. The molecule has 20 heavy (non-hydrogen) atoms. The Morgan fingerprint density at radius 1 is 1.20 bits per heavy atom. The quantitative estimate of drug-likeness (QED) is 0.834. The summed E-state index contributed by atoms with van der Waals surface area (Å²) in [6, 6.07) is -0.112. The average Bonchev–Trinajstić information content (AvgIpc) is 2.36. The molecule has 1 amide bonds. The highest BCUT2D eigenvalue weighted by atomic mass is 16.6. The number of alkyl carbamates (subject to hydrolysis) is 1. The summed E-state index contributed by atoms with van der Waals surface area (Å²) in [5.74, 6) is 0.505. The van der Waals surface area contributed by atoms with E-state index in [9.17, 15) is 9.59 Å². The van der Waals surface area contributed by atoms with E-state index in [1.165, 1.54) is 6.42 Å². The van der Waals surface area contributed by atoms with Gasteiger partial charge in [-0.25, -0.2) is 4.79 Å². The van der Waals surface area contributed by atoms with Gasteiger partial charge >= 0.3 is 6.09 Å². The monoisotopic (exact) mass is 283 g/mol. The zero-order chi connectivity index (χ0) is 15.2. The Labute approximate surface area is 122 Å². The second-order valence-electron chi connectivity index (χ2n) is 6.76. The standard InChI is InChI=1S/C16H29NO3/c1-5-13(17-15(19)20-16(2,3)4)11-14(18)12-9-7-6-8-10-12/h12-13H,5-11H2,1-4H3,(H,17,19). The maximum absolute atomic E-state index is 12.2. The van der Waals surface area contributed by atoms with Crippen LogP contribution in [0.25, 0.3) is 0 Å². The molecule has 0 radical (unpaired) electrons. The number of nitrogens with one attached hydrogen (secondary N) is 1. The van der Waals surface area contributed by atoms with E-state index in [1.54, 1.807) is 0 Å². The van der Waals surface area contributed by atoms with E-state index in [-0.39, 0.29) is 12.0 Å². The van der Waals surface area contributed by atoms with Crippen LogP contribution in [0.1, 0.15) is 72.6 Å². The fourth-order valence-electron chi connectivity index (χ4n) is 2.61. The number of ether oxygens (including phenoxy) is 1. The van der Waals surface area contributed by atoms with E-state index < -0.39 is 11.7 Å². The Balaban J connectivity index is 2.41. The fraction of sp³-hybridized carbons (Fsp3) is 0.875. The molecule has 116 valence electrons. The lowest BCUT2D eigenvalue weighted by molar-refractivity contribution is -0.124. The van der Waals surface area contributed by atoms with E-state index in [4.69, 9.17) is 4.74 Å². The molecule has 0 aliphatic heterocycles. The SMILES string of the molecule is CCC(CC(=O)C1CCCCC1)NC(=O)OC(C)(C)C. The lowest BCUT2D eigenvalue weighted by Gasteiger charge is -2.25. The summed E-state index contributed by atoms with van der Waals surface area (Å²) in [6.07, 6.45) is 6.35. The Hall–Kier alpha value is -1.06. The van der Waals surface area contributed by atoms with E-state index >= 15 is 0 Å². The average molecular weight is 283 g/mol. The predicted octanol–water partition coefficient (Wildman–Crippen LogP) is 3.83. The van der Waals surface area contributed by atoms with Gasteiger partial charge in [0.05, 0.1) is 0 Å². The summed E-state index contributed by atoms with van der Waals surface area (Å²) in [5.41, 5.74) is -0.504. The van der Waals surface area contributed by atoms with E-state index in [0.717, 1.165) is 32.1 Å². The molecule has 4 heteroatoms. The first-order valence-corrected chi connectivity index (χ1v) is 7.84. The van der Waals surface area contributed by atoms with Crippen LogP contribution in [0.3, 0.4) is 0 Å². The number of carbonyl (C=O) groups is 2. The molecule has 1 N–H and O–H groups in total. The van der Waals surface area contributed by atoms with Crippen LogP contribution in [0.15, 0.2) is 0 Å². The molecule has 0 bridgehead atoms. The highest BCUT2D eigenvalue weighted by Gasteiger charge is 2.25. The molecule has 1 atom stereocenters. The third kappa shape index (κ3) is 6.40. The van der Waals surface area contributed by atoms with Crippen molar-refractivity contribution in [2.24, 2.45) is 5.92 Å². The molecule has 1 aliphatic carbocycles. The zero-order valence-electron chi connectivity index (χ0n) is 13.3. The van der Waals surface area contributed by atoms with Crippen LogP contribution in [0, 0.1) is 5.92 Å². The largest absolute Gasteiger partial charge is 0.444 e. The van der Waals surface area contributed by atoms with Gasteiger partial charge < -0.3 is 10.1 Å². The summed E-state index contributed by atoms with van der Waals surface area (Å²) < 4.78 is 5.24. The normalized spacial score (nSPS) is 18.4. The number of rotatable bonds is 5. The first-order chi connectivity index (χ1) is 9.31. The third-order valence-corrected chi connectivity index (χ3v) is 3.72. The van der Waals surface area contributed by atoms with Gasteiger partial charge in [-0.2, -0.15) is 0 Å². The van der Waals surface area contributed by atoms with Gasteiger partial charge in [-0.15, -0.1) is 0 Å². The molecule has 1 rings (SSSR count). The molecule has 0 saturated heterocycles. The second kappa shape index (κ2) is 7.65. The van der Waals surface area contributed by atoms with Gasteiger partial charge in [-0.05, 0) is 40.0 Å². The van der Waals surface area contributed by atoms with E-state index in [0.29, 0.717) is 12.2 Å². The molecular weight excluding hydrogens is 254 g/mol. The minimum atomic E-state index is -0.504. The molecule has 1 aliphatic rings. The number of Topliss-reactive ketones (excluding diaryl/α,β-unsaturated/α-hetero) is 1. The molecule has 1 fully saturated rings. The predicted molar refractivity (Wildman–Crippen MR) is 79.6 cm³/mol. The number of amides is 1. The van der Waals surface area contributed by atoms with Gasteiger partial charge in [0.2, 0.25) is 0 Å². The van der Waals surface area contributed by atoms with E-state index in [2.05, 4.69) is 5.32 Å². The van der Waals surface area contributed by atoms with Crippen LogP contribution in [-0.2, 0) is 9.53 Å². The van der Waals surface area contributed by atoms with Crippen LogP contribution >= 0.6 is 0 Å². The second-order valence-corrected chi connectivity index (χ2v) is 6.76. The topological polar surface area (TPSA) is 55.4 Å². The van der Waals surface area contributed by atoms with Crippen LogP contribution in [0.2, 0.25) is 0 Å². The molecular formula is C16H29NO3. The van der Waals surface area contributed by atoms with Crippen molar-refractivity contribution in [2.75, 3.05) is 0 Å². The van der Waals surface area contributed by atoms with Crippen molar-refractivity contribution >= 4 is 11.9 Å². The summed E-state index contributed by atoms with van der Waals surface area (Å²) in [6.45, 7) is 7.48. The highest BCUT2D eigenvalue weighted by Crippen LogP contribution is 2.25. The van der Waals surface area contributed by atoms with Crippen molar-refractivity contribution in [1.82, 2.24) is 5.32 Å². The van der Waals surface area contributed by atoms with Gasteiger partial charge in [-0.3, -0.25) is 4.79 Å². The van der Waals surface area contributed by atoms with E-state index in [1.807, 2.05) is 27.7 Å². The Kier molecular flexibility index (Phi) is 6.50. The van der Waals surface area contributed by atoms with Crippen molar-refractivity contribution in [3.05, 3.63) is 0 Å². The molecule has 0 spiro atoms.